The number of aliphatic carboxylic acids is 1. The first-order valence-corrected chi connectivity index (χ1v) is 6.58. The Kier molecular flexibility index (Phi) is 4.16. The van der Waals surface area contributed by atoms with Gasteiger partial charge in [0.15, 0.2) is 0 Å². The number of nitro groups is 1. The van der Waals surface area contributed by atoms with Crippen LogP contribution in [0.4, 0.5) is 11.5 Å². The summed E-state index contributed by atoms with van der Waals surface area (Å²) >= 11 is 0. The van der Waals surface area contributed by atoms with E-state index in [9.17, 15) is 14.9 Å². The smallest absolute Gasteiger partial charge is 0.323 e. The van der Waals surface area contributed by atoms with Crippen molar-refractivity contribution in [2.45, 2.75) is 38.6 Å². The van der Waals surface area contributed by atoms with Crippen molar-refractivity contribution in [2.75, 3.05) is 11.4 Å². The highest BCUT2D eigenvalue weighted by Gasteiger charge is 2.30. The van der Waals surface area contributed by atoms with Crippen LogP contribution in [0, 0.1) is 17.0 Å². The number of anilines is 1. The second-order valence-corrected chi connectivity index (χ2v) is 5.07. The van der Waals surface area contributed by atoms with E-state index in [0.29, 0.717) is 5.56 Å². The molecule has 1 aliphatic rings. The molecule has 2 rings (SSSR count). The molecule has 7 heteroatoms. The van der Waals surface area contributed by atoms with Crippen molar-refractivity contribution >= 4 is 17.5 Å². The van der Waals surface area contributed by atoms with E-state index in [1.807, 2.05) is 0 Å². The van der Waals surface area contributed by atoms with E-state index in [1.54, 1.807) is 11.8 Å². The Bertz CT molecular complexity index is 526. The largest absolute Gasteiger partial charge is 0.480 e. The van der Waals surface area contributed by atoms with Crippen molar-refractivity contribution in [3.63, 3.8) is 0 Å². The van der Waals surface area contributed by atoms with Gasteiger partial charge in [0.25, 0.3) is 0 Å². The number of rotatable bonds is 5. The van der Waals surface area contributed by atoms with Gasteiger partial charge in [0.2, 0.25) is 5.82 Å². The minimum atomic E-state index is -1.01. The van der Waals surface area contributed by atoms with Crippen LogP contribution >= 0.6 is 0 Å². The van der Waals surface area contributed by atoms with Crippen molar-refractivity contribution < 1.29 is 14.8 Å². The lowest BCUT2D eigenvalue weighted by Gasteiger charge is -2.28. The third-order valence-corrected chi connectivity index (χ3v) is 3.52. The Morgan fingerprint density at radius 3 is 2.75 bits per heavy atom. The first-order chi connectivity index (χ1) is 9.49. The molecule has 0 radical (unpaired) electrons. The van der Waals surface area contributed by atoms with Gasteiger partial charge in [-0.2, -0.15) is 0 Å². The zero-order chi connectivity index (χ0) is 14.7. The molecule has 1 N–H and O–H groups in total. The molecule has 0 saturated heterocycles. The van der Waals surface area contributed by atoms with Crippen molar-refractivity contribution in [1.82, 2.24) is 4.98 Å². The molecule has 0 amide bonds. The quantitative estimate of drug-likeness (QED) is 0.655. The molecule has 1 heterocycles. The average Bonchev–Trinajstić information content (AvgIpc) is 2.89. The number of carboxylic acid groups (broad SMARTS) is 1. The van der Waals surface area contributed by atoms with Gasteiger partial charge in [-0.25, -0.2) is 4.98 Å². The fourth-order valence-electron chi connectivity index (χ4n) is 2.64. The van der Waals surface area contributed by atoms with E-state index in [-0.39, 0.29) is 24.1 Å². The molecular weight excluding hydrogens is 262 g/mol. The minimum Gasteiger partial charge on any atom is -0.480 e. The normalized spacial score (nSPS) is 15.2. The average molecular weight is 279 g/mol. The Labute approximate surface area is 116 Å². The van der Waals surface area contributed by atoms with Gasteiger partial charge in [-0.15, -0.1) is 0 Å². The summed E-state index contributed by atoms with van der Waals surface area (Å²) in [5, 5.41) is 20.2. The molecule has 0 spiro atoms. The van der Waals surface area contributed by atoms with Crippen molar-refractivity contribution in [3.8, 4) is 0 Å². The predicted molar refractivity (Wildman–Crippen MR) is 72.9 cm³/mol. The fourth-order valence-corrected chi connectivity index (χ4v) is 2.64. The van der Waals surface area contributed by atoms with Crippen LogP contribution in [-0.2, 0) is 4.79 Å². The monoisotopic (exact) mass is 279 g/mol. The molecule has 0 aromatic carbocycles. The van der Waals surface area contributed by atoms with Crippen LogP contribution in [0.1, 0.15) is 31.2 Å². The van der Waals surface area contributed by atoms with Gasteiger partial charge in [0.05, 0.1) is 4.92 Å². The molecule has 1 aromatic rings. The Hall–Kier alpha value is -2.18. The first kappa shape index (κ1) is 14.2. The summed E-state index contributed by atoms with van der Waals surface area (Å²) in [5.41, 5.74) is 0.556. The summed E-state index contributed by atoms with van der Waals surface area (Å²) < 4.78 is 0. The molecule has 0 atom stereocenters. The van der Waals surface area contributed by atoms with E-state index in [0.717, 1.165) is 25.7 Å². The molecule has 7 nitrogen and oxygen atoms in total. The predicted octanol–water partition coefficient (Wildman–Crippen LogP) is 2.13. The van der Waals surface area contributed by atoms with Gasteiger partial charge >= 0.3 is 11.7 Å². The molecule has 20 heavy (non-hydrogen) atoms. The van der Waals surface area contributed by atoms with Crippen molar-refractivity contribution in [2.24, 2.45) is 0 Å². The number of hydrogen-bond acceptors (Lipinski definition) is 5. The lowest BCUT2D eigenvalue weighted by Crippen LogP contribution is -2.38. The molecule has 1 aliphatic carbocycles. The zero-order valence-electron chi connectivity index (χ0n) is 11.3. The van der Waals surface area contributed by atoms with Gasteiger partial charge in [-0.3, -0.25) is 14.9 Å². The summed E-state index contributed by atoms with van der Waals surface area (Å²) in [4.78, 5) is 27.4. The lowest BCUT2D eigenvalue weighted by atomic mass is 10.2. The van der Waals surface area contributed by atoms with Gasteiger partial charge in [-0.1, -0.05) is 12.8 Å². The molecule has 0 unspecified atom stereocenters. The standard InChI is InChI=1S/C13H17N3O4/c1-9-6-11(16(19)20)13(14-7-9)15(8-12(17)18)10-4-2-3-5-10/h6-7,10H,2-5,8H2,1H3,(H,17,18). The van der Waals surface area contributed by atoms with Crippen LogP contribution in [-0.4, -0.2) is 33.6 Å². The fraction of sp³-hybridized carbons (Fsp3) is 0.538. The Balaban J connectivity index is 2.41. The molecule has 1 fully saturated rings. The van der Waals surface area contributed by atoms with Gasteiger partial charge in [0.1, 0.15) is 6.54 Å². The zero-order valence-corrected chi connectivity index (χ0v) is 11.3. The highest BCUT2D eigenvalue weighted by atomic mass is 16.6. The van der Waals surface area contributed by atoms with E-state index < -0.39 is 10.9 Å². The van der Waals surface area contributed by atoms with Crippen LogP contribution in [0.5, 0.6) is 0 Å². The highest BCUT2D eigenvalue weighted by molar-refractivity contribution is 5.75. The number of carbonyl (C=O) groups is 1. The third-order valence-electron chi connectivity index (χ3n) is 3.52. The molecule has 0 bridgehead atoms. The minimum absolute atomic E-state index is 0.0139. The summed E-state index contributed by atoms with van der Waals surface area (Å²) in [7, 11) is 0. The van der Waals surface area contributed by atoms with Gasteiger partial charge in [0, 0.05) is 18.3 Å². The van der Waals surface area contributed by atoms with Gasteiger partial charge in [-0.05, 0) is 25.3 Å². The number of carboxylic acids is 1. The van der Waals surface area contributed by atoms with E-state index in [1.165, 1.54) is 12.3 Å². The second-order valence-electron chi connectivity index (χ2n) is 5.07. The van der Waals surface area contributed by atoms with Gasteiger partial charge < -0.3 is 10.0 Å². The van der Waals surface area contributed by atoms with Crippen LogP contribution in [0.3, 0.4) is 0 Å². The lowest BCUT2D eigenvalue weighted by molar-refractivity contribution is -0.384. The maximum absolute atomic E-state index is 11.2. The second kappa shape index (κ2) is 5.85. The van der Waals surface area contributed by atoms with Crippen LogP contribution in [0.2, 0.25) is 0 Å². The van der Waals surface area contributed by atoms with E-state index in [4.69, 9.17) is 5.11 Å². The third kappa shape index (κ3) is 3.04. The SMILES string of the molecule is Cc1cnc(N(CC(=O)O)C2CCCC2)c([N+](=O)[O-])c1. The van der Waals surface area contributed by atoms with Crippen LogP contribution in [0.25, 0.3) is 0 Å². The summed E-state index contributed by atoms with van der Waals surface area (Å²) in [5.74, 6) is -0.844. The molecular formula is C13H17N3O4. The van der Waals surface area contributed by atoms with Crippen LogP contribution < -0.4 is 4.90 Å². The Morgan fingerprint density at radius 2 is 2.20 bits per heavy atom. The summed E-state index contributed by atoms with van der Waals surface area (Å²) in [6.45, 7) is 1.46. The highest BCUT2D eigenvalue weighted by Crippen LogP contribution is 2.32. The van der Waals surface area contributed by atoms with E-state index in [2.05, 4.69) is 4.98 Å². The first-order valence-electron chi connectivity index (χ1n) is 6.58. The van der Waals surface area contributed by atoms with Crippen molar-refractivity contribution in [3.05, 3.63) is 27.9 Å². The number of nitrogens with zero attached hydrogens (tertiary/aromatic N) is 3. The summed E-state index contributed by atoms with van der Waals surface area (Å²) in [6.07, 6.45) is 5.26. The molecule has 0 aliphatic heterocycles. The van der Waals surface area contributed by atoms with E-state index >= 15 is 0 Å². The maximum Gasteiger partial charge on any atom is 0.323 e. The summed E-state index contributed by atoms with van der Waals surface area (Å²) in [6, 6.07) is 1.45. The number of hydrogen-bond donors (Lipinski definition) is 1. The molecule has 1 saturated carbocycles. The molecule has 108 valence electrons. The Morgan fingerprint density at radius 1 is 1.55 bits per heavy atom. The van der Waals surface area contributed by atoms with Crippen LogP contribution in [0.15, 0.2) is 12.3 Å². The number of pyridine rings is 1. The molecule has 1 aromatic heterocycles. The topological polar surface area (TPSA) is 96.6 Å². The number of aromatic nitrogens is 1. The number of aryl methyl sites for hydroxylation is 1. The maximum atomic E-state index is 11.2. The van der Waals surface area contributed by atoms with Crippen molar-refractivity contribution in [1.29, 1.82) is 0 Å².